The topological polar surface area (TPSA) is 52.9 Å². The van der Waals surface area contributed by atoms with E-state index >= 15 is 0 Å². The number of β-amino-alcohol motifs (C(OH)–C–C–N with tert-alkyl or cyclic N) is 1. The Balaban J connectivity index is 1.98. The third-order valence-electron chi connectivity index (χ3n) is 3.37. The van der Waals surface area contributed by atoms with E-state index in [0.717, 1.165) is 12.1 Å². The number of ether oxygens (including phenoxy) is 1. The average molecular weight is 265 g/mol. The van der Waals surface area contributed by atoms with Crippen LogP contribution in [0.2, 0.25) is 0 Å². The van der Waals surface area contributed by atoms with E-state index in [1.54, 1.807) is 0 Å². The second-order valence-electron chi connectivity index (χ2n) is 5.80. The number of nitrogens with zero attached hydrogens (tertiary/aromatic N) is 1. The van der Waals surface area contributed by atoms with Crippen molar-refractivity contribution in [3.8, 4) is 0 Å². The Hall–Kier alpha value is -0.940. The molecule has 0 spiro atoms. The van der Waals surface area contributed by atoms with Crippen LogP contribution in [0.5, 0.6) is 0 Å². The van der Waals surface area contributed by atoms with Crippen LogP contribution in [0.15, 0.2) is 30.3 Å². The Labute approximate surface area is 114 Å². The average Bonchev–Trinajstić information content (AvgIpc) is 2.37. The van der Waals surface area contributed by atoms with Gasteiger partial charge in [0.1, 0.15) is 0 Å². The molecule has 1 aliphatic rings. The van der Waals surface area contributed by atoms with Gasteiger partial charge in [-0.05, 0) is 19.4 Å². The van der Waals surface area contributed by atoms with Crippen LogP contribution in [0.3, 0.4) is 0 Å². The molecule has 2 rings (SSSR count). The first-order valence-electron chi connectivity index (χ1n) is 6.74. The highest BCUT2D eigenvalue weighted by Crippen LogP contribution is 2.23. The molecule has 19 heavy (non-hydrogen) atoms. The monoisotopic (exact) mass is 265 g/mol. The van der Waals surface area contributed by atoms with Gasteiger partial charge >= 0.3 is 0 Å². The minimum atomic E-state index is -0.505. The second kappa shape index (κ2) is 6.01. The SMILES string of the molecule is CC1(C)CN(CC(O)c2ccccc2)CC(CO)O1. The molecule has 2 atom stereocenters. The molecule has 1 aromatic carbocycles. The summed E-state index contributed by atoms with van der Waals surface area (Å²) in [4.78, 5) is 2.15. The van der Waals surface area contributed by atoms with Gasteiger partial charge in [-0.2, -0.15) is 0 Å². The Bertz CT molecular complexity index is 394. The molecule has 1 aromatic rings. The molecule has 0 saturated carbocycles. The van der Waals surface area contributed by atoms with Crippen LogP contribution in [0, 0.1) is 0 Å². The number of morpholine rings is 1. The van der Waals surface area contributed by atoms with Crippen LogP contribution < -0.4 is 0 Å². The van der Waals surface area contributed by atoms with Gasteiger partial charge in [-0.25, -0.2) is 0 Å². The van der Waals surface area contributed by atoms with Gasteiger partial charge in [0.15, 0.2) is 0 Å². The van der Waals surface area contributed by atoms with Crippen LogP contribution in [0.25, 0.3) is 0 Å². The molecule has 1 fully saturated rings. The van der Waals surface area contributed by atoms with Gasteiger partial charge in [0, 0.05) is 19.6 Å². The van der Waals surface area contributed by atoms with Crippen molar-refractivity contribution in [2.75, 3.05) is 26.2 Å². The molecule has 0 radical (unpaired) electrons. The van der Waals surface area contributed by atoms with Gasteiger partial charge in [0.25, 0.3) is 0 Å². The summed E-state index contributed by atoms with van der Waals surface area (Å²) in [5.74, 6) is 0. The predicted molar refractivity (Wildman–Crippen MR) is 73.9 cm³/mol. The number of hydrogen-bond donors (Lipinski definition) is 2. The Morgan fingerprint density at radius 1 is 1.37 bits per heavy atom. The number of rotatable bonds is 4. The first-order valence-corrected chi connectivity index (χ1v) is 6.74. The lowest BCUT2D eigenvalue weighted by molar-refractivity contribution is -0.153. The lowest BCUT2D eigenvalue weighted by Gasteiger charge is -2.42. The number of benzene rings is 1. The predicted octanol–water partition coefficient (Wildman–Crippen LogP) is 1.19. The summed E-state index contributed by atoms with van der Waals surface area (Å²) < 4.78 is 5.77. The smallest absolute Gasteiger partial charge is 0.0940 e. The van der Waals surface area contributed by atoms with Gasteiger partial charge in [0.2, 0.25) is 0 Å². The first kappa shape index (κ1) is 14.5. The van der Waals surface area contributed by atoms with E-state index in [4.69, 9.17) is 4.74 Å². The molecule has 4 nitrogen and oxygen atoms in total. The fourth-order valence-corrected chi connectivity index (χ4v) is 2.68. The zero-order valence-corrected chi connectivity index (χ0v) is 11.6. The van der Waals surface area contributed by atoms with Crippen molar-refractivity contribution < 1.29 is 14.9 Å². The third-order valence-corrected chi connectivity index (χ3v) is 3.37. The van der Waals surface area contributed by atoms with Crippen molar-refractivity contribution in [1.29, 1.82) is 0 Å². The highest BCUT2D eigenvalue weighted by Gasteiger charge is 2.33. The van der Waals surface area contributed by atoms with E-state index in [9.17, 15) is 10.2 Å². The number of aliphatic hydroxyl groups excluding tert-OH is 2. The second-order valence-corrected chi connectivity index (χ2v) is 5.80. The van der Waals surface area contributed by atoms with Crippen LogP contribution in [0.1, 0.15) is 25.5 Å². The molecule has 0 bridgehead atoms. The number of hydrogen-bond acceptors (Lipinski definition) is 4. The minimum Gasteiger partial charge on any atom is -0.394 e. The minimum absolute atomic E-state index is 0.0152. The molecule has 4 heteroatoms. The standard InChI is InChI=1S/C15H23NO3/c1-15(2)11-16(8-13(10-17)19-15)9-14(18)12-6-4-3-5-7-12/h3-7,13-14,17-18H,8-11H2,1-2H3. The van der Waals surface area contributed by atoms with E-state index in [2.05, 4.69) is 4.90 Å². The van der Waals surface area contributed by atoms with Crippen LogP contribution in [-0.4, -0.2) is 53.1 Å². The summed E-state index contributed by atoms with van der Waals surface area (Å²) in [7, 11) is 0. The lowest BCUT2D eigenvalue weighted by atomic mass is 10.0. The van der Waals surface area contributed by atoms with Crippen molar-refractivity contribution >= 4 is 0 Å². The van der Waals surface area contributed by atoms with E-state index in [1.165, 1.54) is 0 Å². The summed E-state index contributed by atoms with van der Waals surface area (Å²) in [5.41, 5.74) is 0.634. The fourth-order valence-electron chi connectivity index (χ4n) is 2.68. The highest BCUT2D eigenvalue weighted by atomic mass is 16.5. The molecule has 0 amide bonds. The largest absolute Gasteiger partial charge is 0.394 e. The van der Waals surface area contributed by atoms with Crippen molar-refractivity contribution in [2.24, 2.45) is 0 Å². The summed E-state index contributed by atoms with van der Waals surface area (Å²) >= 11 is 0. The molecule has 1 saturated heterocycles. The third kappa shape index (κ3) is 4.01. The fraction of sp³-hybridized carbons (Fsp3) is 0.600. The van der Waals surface area contributed by atoms with Crippen LogP contribution in [0.4, 0.5) is 0 Å². The van der Waals surface area contributed by atoms with Gasteiger partial charge in [0.05, 0.1) is 24.4 Å². The van der Waals surface area contributed by atoms with Crippen LogP contribution in [-0.2, 0) is 4.74 Å². The zero-order chi connectivity index (χ0) is 13.9. The Morgan fingerprint density at radius 3 is 2.68 bits per heavy atom. The van der Waals surface area contributed by atoms with Crippen molar-refractivity contribution in [2.45, 2.75) is 31.7 Å². The maximum absolute atomic E-state index is 10.3. The van der Waals surface area contributed by atoms with Gasteiger partial charge in [-0.3, -0.25) is 4.90 Å². The molecule has 1 aliphatic heterocycles. The summed E-state index contributed by atoms with van der Waals surface area (Å²) in [6.07, 6.45) is -0.679. The Morgan fingerprint density at radius 2 is 2.05 bits per heavy atom. The summed E-state index contributed by atoms with van der Waals surface area (Å²) in [6, 6.07) is 9.66. The molecule has 2 unspecified atom stereocenters. The van der Waals surface area contributed by atoms with E-state index in [-0.39, 0.29) is 18.3 Å². The maximum Gasteiger partial charge on any atom is 0.0940 e. The zero-order valence-electron chi connectivity index (χ0n) is 11.6. The molecule has 0 aromatic heterocycles. The van der Waals surface area contributed by atoms with Gasteiger partial charge < -0.3 is 14.9 Å². The van der Waals surface area contributed by atoms with E-state index in [1.807, 2.05) is 44.2 Å². The van der Waals surface area contributed by atoms with Gasteiger partial charge in [-0.1, -0.05) is 30.3 Å². The lowest BCUT2D eigenvalue weighted by Crippen LogP contribution is -2.54. The first-order chi connectivity index (χ1) is 9.00. The highest BCUT2D eigenvalue weighted by molar-refractivity contribution is 5.17. The number of aliphatic hydroxyl groups is 2. The normalized spacial score (nSPS) is 25.2. The van der Waals surface area contributed by atoms with Crippen LogP contribution >= 0.6 is 0 Å². The van der Waals surface area contributed by atoms with Gasteiger partial charge in [-0.15, -0.1) is 0 Å². The molecule has 106 valence electrons. The molecular weight excluding hydrogens is 242 g/mol. The van der Waals surface area contributed by atoms with Crippen molar-refractivity contribution in [3.63, 3.8) is 0 Å². The quantitative estimate of drug-likeness (QED) is 0.858. The molecule has 0 aliphatic carbocycles. The van der Waals surface area contributed by atoms with Crippen molar-refractivity contribution in [1.82, 2.24) is 4.90 Å². The molecule has 2 N–H and O–H groups in total. The summed E-state index contributed by atoms with van der Waals surface area (Å²) in [6.45, 7) is 6.01. The maximum atomic E-state index is 10.3. The van der Waals surface area contributed by atoms with E-state index < -0.39 is 6.10 Å². The van der Waals surface area contributed by atoms with Crippen molar-refractivity contribution in [3.05, 3.63) is 35.9 Å². The molecule has 1 heterocycles. The summed E-state index contributed by atoms with van der Waals surface area (Å²) in [5, 5.41) is 19.5. The van der Waals surface area contributed by atoms with E-state index in [0.29, 0.717) is 13.1 Å². The Kier molecular flexibility index (Phi) is 4.58. The molecular formula is C15H23NO3.